The zero-order valence-corrected chi connectivity index (χ0v) is 20.3. The van der Waals surface area contributed by atoms with E-state index in [9.17, 15) is 4.79 Å². The third-order valence-corrected chi connectivity index (χ3v) is 7.47. The second-order valence-electron chi connectivity index (χ2n) is 10.1. The molecule has 1 unspecified atom stereocenters. The van der Waals surface area contributed by atoms with E-state index in [1.54, 1.807) is 0 Å². The first-order chi connectivity index (χ1) is 16.6. The van der Waals surface area contributed by atoms with Crippen molar-refractivity contribution in [2.24, 2.45) is 11.8 Å². The molecule has 1 saturated carbocycles. The summed E-state index contributed by atoms with van der Waals surface area (Å²) in [5.41, 5.74) is 3.71. The molecule has 0 saturated heterocycles. The maximum absolute atomic E-state index is 12.8. The maximum Gasteiger partial charge on any atom is 0.225 e. The molecule has 1 amide bonds. The molecule has 0 spiro atoms. The SMILES string of the molecule is CN(C)c1nc(N[C@H]2CC[C@@H](CNC(=O)C3CCc4ccccc4C3)CC2)nc2ccccc12. The molecule has 6 nitrogen and oxygen atoms in total. The van der Waals surface area contributed by atoms with Crippen molar-refractivity contribution >= 4 is 28.6 Å². The van der Waals surface area contributed by atoms with Crippen LogP contribution in [0.25, 0.3) is 10.9 Å². The van der Waals surface area contributed by atoms with Crippen LogP contribution in [0.1, 0.15) is 43.2 Å². The second-order valence-corrected chi connectivity index (χ2v) is 10.1. The number of para-hydroxylation sites is 1. The van der Waals surface area contributed by atoms with Crippen LogP contribution in [0.15, 0.2) is 48.5 Å². The molecule has 2 aliphatic carbocycles. The van der Waals surface area contributed by atoms with Gasteiger partial charge in [0.1, 0.15) is 5.82 Å². The molecule has 0 bridgehead atoms. The Balaban J connectivity index is 1.11. The Bertz CT molecular complexity index is 1150. The predicted octanol–water partition coefficient (Wildman–Crippen LogP) is 4.59. The van der Waals surface area contributed by atoms with Gasteiger partial charge in [-0.3, -0.25) is 4.79 Å². The minimum absolute atomic E-state index is 0.115. The normalized spacial score (nSPS) is 22.1. The number of anilines is 2. The van der Waals surface area contributed by atoms with Crippen LogP contribution in [0.4, 0.5) is 11.8 Å². The van der Waals surface area contributed by atoms with E-state index in [2.05, 4.69) is 41.0 Å². The minimum Gasteiger partial charge on any atom is -0.362 e. The first kappa shape index (κ1) is 22.6. The molecule has 178 valence electrons. The lowest BCUT2D eigenvalue weighted by Crippen LogP contribution is -2.38. The van der Waals surface area contributed by atoms with Crippen LogP contribution < -0.4 is 15.5 Å². The Morgan fingerprint density at radius 2 is 1.68 bits per heavy atom. The van der Waals surface area contributed by atoms with Gasteiger partial charge in [0.25, 0.3) is 0 Å². The van der Waals surface area contributed by atoms with Crippen molar-refractivity contribution in [1.82, 2.24) is 15.3 Å². The van der Waals surface area contributed by atoms with Crippen LogP contribution in [-0.4, -0.2) is 42.6 Å². The molecule has 2 aliphatic rings. The van der Waals surface area contributed by atoms with Crippen LogP contribution in [0, 0.1) is 11.8 Å². The topological polar surface area (TPSA) is 70.2 Å². The van der Waals surface area contributed by atoms with E-state index >= 15 is 0 Å². The molecule has 1 atom stereocenters. The molecule has 1 fully saturated rings. The van der Waals surface area contributed by atoms with Gasteiger partial charge in [-0.1, -0.05) is 36.4 Å². The van der Waals surface area contributed by atoms with Crippen molar-refractivity contribution in [3.05, 3.63) is 59.7 Å². The van der Waals surface area contributed by atoms with Crippen LogP contribution in [0.3, 0.4) is 0 Å². The first-order valence-electron chi connectivity index (χ1n) is 12.6. The summed E-state index contributed by atoms with van der Waals surface area (Å²) in [4.78, 5) is 24.4. The first-order valence-corrected chi connectivity index (χ1v) is 12.6. The molecule has 2 N–H and O–H groups in total. The number of aryl methyl sites for hydroxylation is 1. The van der Waals surface area contributed by atoms with Gasteiger partial charge in [-0.15, -0.1) is 0 Å². The molecule has 1 heterocycles. The fourth-order valence-electron chi connectivity index (χ4n) is 5.47. The number of fused-ring (bicyclic) bond motifs is 2. The molecular formula is C28H35N5O. The summed E-state index contributed by atoms with van der Waals surface area (Å²) in [6, 6.07) is 17.1. The number of carbonyl (C=O) groups is 1. The van der Waals surface area contributed by atoms with Crippen LogP contribution in [-0.2, 0) is 17.6 Å². The van der Waals surface area contributed by atoms with Gasteiger partial charge in [0, 0.05) is 38.0 Å². The number of nitrogens with one attached hydrogen (secondary N) is 2. The second kappa shape index (κ2) is 10.00. The summed E-state index contributed by atoms with van der Waals surface area (Å²) in [5.74, 6) is 2.54. The van der Waals surface area contributed by atoms with E-state index in [1.165, 1.54) is 11.1 Å². The van der Waals surface area contributed by atoms with E-state index in [0.717, 1.165) is 68.2 Å². The van der Waals surface area contributed by atoms with Crippen molar-refractivity contribution in [3.63, 3.8) is 0 Å². The highest BCUT2D eigenvalue weighted by molar-refractivity contribution is 5.90. The van der Waals surface area contributed by atoms with Gasteiger partial charge in [-0.2, -0.15) is 4.98 Å². The Morgan fingerprint density at radius 1 is 0.941 bits per heavy atom. The molecule has 0 radical (unpaired) electrons. The van der Waals surface area contributed by atoms with Crippen molar-refractivity contribution in [3.8, 4) is 0 Å². The Hall–Kier alpha value is -3.15. The van der Waals surface area contributed by atoms with E-state index in [0.29, 0.717) is 17.9 Å². The van der Waals surface area contributed by atoms with Crippen molar-refractivity contribution in [2.75, 3.05) is 30.9 Å². The predicted molar refractivity (Wildman–Crippen MR) is 138 cm³/mol. The summed E-state index contributed by atoms with van der Waals surface area (Å²) in [5, 5.41) is 7.91. The standard InChI is InChI=1S/C28H35N5O/c1-33(2)26-24-9-5-6-10-25(24)31-28(32-26)30-23-15-11-19(12-16-23)18-29-27(34)22-14-13-20-7-3-4-8-21(20)17-22/h3-10,19,22-23H,11-18H2,1-2H3,(H,29,34)(H,30,31,32)/t19-,22?,23+. The van der Waals surface area contributed by atoms with Crippen LogP contribution in [0.2, 0.25) is 0 Å². The highest BCUT2D eigenvalue weighted by Gasteiger charge is 2.26. The van der Waals surface area contributed by atoms with Crippen molar-refractivity contribution < 1.29 is 4.79 Å². The maximum atomic E-state index is 12.8. The third kappa shape index (κ3) is 5.01. The van der Waals surface area contributed by atoms with E-state index < -0.39 is 0 Å². The summed E-state index contributed by atoms with van der Waals surface area (Å²) in [7, 11) is 4.04. The van der Waals surface area contributed by atoms with E-state index in [-0.39, 0.29) is 11.8 Å². The molecule has 3 aromatic rings. The highest BCUT2D eigenvalue weighted by atomic mass is 16.1. The zero-order chi connectivity index (χ0) is 23.5. The average Bonchev–Trinajstić information content (AvgIpc) is 2.87. The zero-order valence-electron chi connectivity index (χ0n) is 20.3. The van der Waals surface area contributed by atoms with Gasteiger partial charge in [0.2, 0.25) is 11.9 Å². The fraction of sp³-hybridized carbons (Fsp3) is 0.464. The smallest absolute Gasteiger partial charge is 0.225 e. The third-order valence-electron chi connectivity index (χ3n) is 7.47. The van der Waals surface area contributed by atoms with Gasteiger partial charge >= 0.3 is 0 Å². The van der Waals surface area contributed by atoms with Crippen LogP contribution >= 0.6 is 0 Å². The number of rotatable bonds is 6. The summed E-state index contributed by atoms with van der Waals surface area (Å²) >= 11 is 0. The Labute approximate surface area is 202 Å². The lowest BCUT2D eigenvalue weighted by Gasteiger charge is -2.30. The van der Waals surface area contributed by atoms with Crippen molar-refractivity contribution in [1.29, 1.82) is 0 Å². The number of hydrogen-bond acceptors (Lipinski definition) is 5. The van der Waals surface area contributed by atoms with Gasteiger partial charge < -0.3 is 15.5 Å². The van der Waals surface area contributed by atoms with Crippen molar-refractivity contribution in [2.45, 2.75) is 51.0 Å². The van der Waals surface area contributed by atoms with E-state index in [1.807, 2.05) is 37.2 Å². The molecule has 34 heavy (non-hydrogen) atoms. The molecular weight excluding hydrogens is 422 g/mol. The highest BCUT2D eigenvalue weighted by Crippen LogP contribution is 2.29. The number of carbonyl (C=O) groups excluding carboxylic acids is 1. The molecule has 5 rings (SSSR count). The molecule has 6 heteroatoms. The summed E-state index contributed by atoms with van der Waals surface area (Å²) in [6.07, 6.45) is 7.21. The lowest BCUT2D eigenvalue weighted by molar-refractivity contribution is -0.125. The van der Waals surface area contributed by atoms with Gasteiger partial charge in [0.05, 0.1) is 5.52 Å². The number of amides is 1. The lowest BCUT2D eigenvalue weighted by atomic mass is 9.83. The van der Waals surface area contributed by atoms with E-state index in [4.69, 9.17) is 9.97 Å². The van der Waals surface area contributed by atoms with Gasteiger partial charge in [0.15, 0.2) is 0 Å². The molecule has 2 aromatic carbocycles. The van der Waals surface area contributed by atoms with Gasteiger partial charge in [-0.25, -0.2) is 4.98 Å². The summed E-state index contributed by atoms with van der Waals surface area (Å²) in [6.45, 7) is 0.793. The fourth-order valence-corrected chi connectivity index (χ4v) is 5.47. The number of benzene rings is 2. The largest absolute Gasteiger partial charge is 0.362 e. The van der Waals surface area contributed by atoms with Gasteiger partial charge in [-0.05, 0) is 74.1 Å². The number of aromatic nitrogens is 2. The monoisotopic (exact) mass is 457 g/mol. The number of hydrogen-bond donors (Lipinski definition) is 2. The minimum atomic E-state index is 0.115. The molecule has 1 aromatic heterocycles. The molecule has 0 aliphatic heterocycles. The van der Waals surface area contributed by atoms with Crippen LogP contribution in [0.5, 0.6) is 0 Å². The average molecular weight is 458 g/mol. The Kier molecular flexibility index (Phi) is 6.66. The number of nitrogens with zero attached hydrogens (tertiary/aromatic N) is 3. The quantitative estimate of drug-likeness (QED) is 0.567. The summed E-state index contributed by atoms with van der Waals surface area (Å²) < 4.78 is 0. The Morgan fingerprint density at radius 3 is 2.47 bits per heavy atom.